The number of nitrogens with zero attached hydrogens (tertiary/aromatic N) is 1. The lowest BCUT2D eigenvalue weighted by Gasteiger charge is -2.19. The van der Waals surface area contributed by atoms with Crippen LogP contribution in [0.4, 0.5) is 4.79 Å². The van der Waals surface area contributed by atoms with E-state index in [2.05, 4.69) is 10.6 Å². The number of fused-ring (bicyclic) bond motifs is 5. The third kappa shape index (κ3) is 7.48. The van der Waals surface area contributed by atoms with Crippen LogP contribution in [0.2, 0.25) is 0 Å². The molecule has 1 saturated heterocycles. The Morgan fingerprint density at radius 1 is 0.698 bits per heavy atom. The predicted molar refractivity (Wildman–Crippen MR) is 224 cm³/mol. The van der Waals surface area contributed by atoms with Gasteiger partial charge in [-0.3, -0.25) is 19.2 Å². The molecule has 2 heterocycles. The Morgan fingerprint density at radius 3 is 2.05 bits per heavy atom. The second-order valence-electron chi connectivity index (χ2n) is 14.8. The first-order valence-electron chi connectivity index (χ1n) is 19.6. The Hall–Kier alpha value is -8.59. The Morgan fingerprint density at radius 2 is 1.37 bits per heavy atom. The van der Waals surface area contributed by atoms with Crippen molar-refractivity contribution in [3.63, 3.8) is 0 Å². The van der Waals surface area contributed by atoms with Gasteiger partial charge in [0.05, 0.1) is 23.2 Å². The Kier molecular flexibility index (Phi) is 10.2. The fourth-order valence-electron chi connectivity index (χ4n) is 7.90. The summed E-state index contributed by atoms with van der Waals surface area (Å²) in [5.74, 6) is -4.68. The Labute approximate surface area is 356 Å². The van der Waals surface area contributed by atoms with Gasteiger partial charge in [0.15, 0.2) is 11.5 Å². The molecule has 0 spiro atoms. The van der Waals surface area contributed by atoms with Crippen molar-refractivity contribution in [2.24, 2.45) is 0 Å². The van der Waals surface area contributed by atoms with Gasteiger partial charge in [-0.1, -0.05) is 60.7 Å². The van der Waals surface area contributed by atoms with Crippen molar-refractivity contribution in [2.45, 2.75) is 32.0 Å². The summed E-state index contributed by atoms with van der Waals surface area (Å²) in [6.07, 6.45) is -1.43. The first kappa shape index (κ1) is 39.8. The number of phenolic OH excluding ortho intramolecular Hbond substituents is 1. The summed E-state index contributed by atoms with van der Waals surface area (Å²) in [6, 6.07) is 32.2. The van der Waals surface area contributed by atoms with E-state index >= 15 is 0 Å². The van der Waals surface area contributed by atoms with E-state index in [9.17, 15) is 43.8 Å². The van der Waals surface area contributed by atoms with Gasteiger partial charge < -0.3 is 34.8 Å². The normalized spacial score (nSPS) is 13.2. The number of benzene rings is 6. The molecule has 0 bridgehead atoms. The van der Waals surface area contributed by atoms with E-state index in [1.807, 2.05) is 48.5 Å². The SMILES string of the molecule is O=C(NCc1ccc(C(=O)NCc2c(O)ccc3c(-c4cc(C(=O)ON5C(=O)CCC5=O)ccc4C(=O)O)c4ccc(=O)cc-4oc23)cc1)OC1c2ccccc2-c2ccccc21. The summed E-state index contributed by atoms with van der Waals surface area (Å²) in [4.78, 5) is 94.2. The average Bonchev–Trinajstić information content (AvgIpc) is 3.78. The number of imide groups is 1. The van der Waals surface area contributed by atoms with Gasteiger partial charge >= 0.3 is 18.0 Å². The summed E-state index contributed by atoms with van der Waals surface area (Å²) in [5, 5.41) is 27.6. The third-order valence-corrected chi connectivity index (χ3v) is 11.0. The summed E-state index contributed by atoms with van der Waals surface area (Å²) in [6.45, 7) is -0.166. The number of phenols is 1. The zero-order valence-corrected chi connectivity index (χ0v) is 32.9. The highest BCUT2D eigenvalue weighted by atomic mass is 16.7. The number of aromatic carboxylic acids is 1. The molecule has 15 heteroatoms. The van der Waals surface area contributed by atoms with E-state index in [-0.39, 0.29) is 87.4 Å². The van der Waals surface area contributed by atoms with Gasteiger partial charge in [0.25, 0.3) is 17.7 Å². The van der Waals surface area contributed by atoms with Gasteiger partial charge in [0, 0.05) is 58.7 Å². The van der Waals surface area contributed by atoms with Gasteiger partial charge in [-0.2, -0.15) is 0 Å². The van der Waals surface area contributed by atoms with Crippen LogP contribution in [0.15, 0.2) is 131 Å². The molecular formula is C48H33N3O12. The minimum Gasteiger partial charge on any atom is -0.507 e. The summed E-state index contributed by atoms with van der Waals surface area (Å²) in [5.41, 5.74) is 4.41. The standard InChI is InChI=1S/C48H33N3O12/c52-28-14-16-34-39(22-28)61-44-35(42(34)36-21-27(13-15-33(36)46(57)58)47(59)63-51-40(54)19-20-41(51)55)17-18-38(53)37(44)24-49-45(56)26-11-9-25(10-12-26)23-50-48(60)62-43-31-7-3-1-5-29(31)30-6-2-4-8-32(30)43/h1-18,21-22,43,53H,19-20,23-24H2,(H,49,56)(H,50,60)(H,57,58). The molecular weight excluding hydrogens is 811 g/mol. The number of hydroxylamine groups is 2. The lowest BCUT2D eigenvalue weighted by Crippen LogP contribution is -2.32. The highest BCUT2D eigenvalue weighted by Crippen LogP contribution is 2.46. The smallest absolute Gasteiger partial charge is 0.408 e. The number of carbonyl (C=O) groups excluding carboxylic acids is 5. The molecule has 0 saturated carbocycles. The van der Waals surface area contributed by atoms with E-state index in [1.165, 1.54) is 42.5 Å². The predicted octanol–water partition coefficient (Wildman–Crippen LogP) is 7.12. The van der Waals surface area contributed by atoms with Crippen molar-refractivity contribution in [3.8, 4) is 39.3 Å². The monoisotopic (exact) mass is 843 g/mol. The van der Waals surface area contributed by atoms with Gasteiger partial charge in [-0.25, -0.2) is 14.4 Å². The van der Waals surface area contributed by atoms with Crippen molar-refractivity contribution < 1.29 is 53.0 Å². The number of nitrogens with one attached hydrogen (secondary N) is 2. The molecule has 0 radical (unpaired) electrons. The van der Waals surface area contributed by atoms with Gasteiger partial charge in [-0.05, 0) is 76.9 Å². The van der Waals surface area contributed by atoms with Gasteiger partial charge in [0.1, 0.15) is 17.1 Å². The molecule has 1 fully saturated rings. The maximum Gasteiger partial charge on any atom is 0.408 e. The van der Waals surface area contributed by atoms with Crippen molar-refractivity contribution in [3.05, 3.63) is 170 Å². The lowest BCUT2D eigenvalue weighted by molar-refractivity contribution is -0.172. The molecule has 2 aliphatic heterocycles. The molecule has 63 heavy (non-hydrogen) atoms. The first-order valence-corrected chi connectivity index (χ1v) is 19.6. The molecule has 4 aliphatic rings. The second-order valence-corrected chi connectivity index (χ2v) is 14.8. The number of amides is 4. The molecule has 0 atom stereocenters. The van der Waals surface area contributed by atoms with Crippen LogP contribution in [-0.2, 0) is 32.3 Å². The van der Waals surface area contributed by atoms with Crippen LogP contribution in [0.1, 0.15) is 72.3 Å². The summed E-state index contributed by atoms with van der Waals surface area (Å²) in [7, 11) is 0. The zero-order valence-electron chi connectivity index (χ0n) is 32.9. The van der Waals surface area contributed by atoms with E-state index in [4.69, 9.17) is 14.0 Å². The van der Waals surface area contributed by atoms with Crippen LogP contribution < -0.4 is 16.1 Å². The van der Waals surface area contributed by atoms with Crippen LogP contribution in [0.3, 0.4) is 0 Å². The highest BCUT2D eigenvalue weighted by molar-refractivity contribution is 6.10. The number of alkyl carbamates (subject to hydrolysis) is 1. The molecule has 9 rings (SSSR count). The van der Waals surface area contributed by atoms with Crippen molar-refractivity contribution >= 4 is 46.7 Å². The number of carbonyl (C=O) groups is 6. The van der Waals surface area contributed by atoms with Crippen LogP contribution in [0.25, 0.3) is 44.5 Å². The number of carboxylic acid groups (broad SMARTS) is 1. The van der Waals surface area contributed by atoms with Crippen molar-refractivity contribution in [1.29, 1.82) is 0 Å². The quantitative estimate of drug-likeness (QED) is 0.0800. The molecule has 5 aromatic carbocycles. The van der Waals surface area contributed by atoms with Crippen molar-refractivity contribution in [1.82, 2.24) is 15.7 Å². The number of hydrogen-bond donors (Lipinski definition) is 4. The highest BCUT2D eigenvalue weighted by Gasteiger charge is 2.34. The minimum atomic E-state index is -1.37. The molecule has 0 unspecified atom stereocenters. The maximum atomic E-state index is 13.5. The molecule has 5 aromatic rings. The Balaban J connectivity index is 0.952. The fourth-order valence-corrected chi connectivity index (χ4v) is 7.90. The second kappa shape index (κ2) is 16.1. The third-order valence-electron chi connectivity index (χ3n) is 11.0. The number of ether oxygens (including phenoxy) is 1. The van der Waals surface area contributed by atoms with E-state index in [0.717, 1.165) is 28.3 Å². The van der Waals surface area contributed by atoms with Crippen LogP contribution in [0, 0.1) is 0 Å². The lowest BCUT2D eigenvalue weighted by atomic mass is 9.89. The number of hydrogen-bond acceptors (Lipinski definition) is 11. The minimum absolute atomic E-state index is 0.00105. The molecule has 4 amide bonds. The van der Waals surface area contributed by atoms with Gasteiger partial charge in [0.2, 0.25) is 0 Å². The molecule has 312 valence electrons. The van der Waals surface area contributed by atoms with Crippen molar-refractivity contribution in [2.75, 3.05) is 0 Å². The molecule has 0 aromatic heterocycles. The zero-order chi connectivity index (χ0) is 43.9. The summed E-state index contributed by atoms with van der Waals surface area (Å²) >= 11 is 0. The van der Waals surface area contributed by atoms with E-state index < -0.39 is 47.3 Å². The topological polar surface area (TPSA) is 219 Å². The summed E-state index contributed by atoms with van der Waals surface area (Å²) < 4.78 is 12.1. The van der Waals surface area contributed by atoms with E-state index in [1.54, 1.807) is 24.3 Å². The first-order chi connectivity index (χ1) is 30.4. The van der Waals surface area contributed by atoms with E-state index in [0.29, 0.717) is 10.6 Å². The van der Waals surface area contributed by atoms with Crippen LogP contribution in [0.5, 0.6) is 5.75 Å². The largest absolute Gasteiger partial charge is 0.507 e. The number of carboxylic acids is 1. The molecule has 4 N–H and O–H groups in total. The Bertz CT molecular complexity index is 3040. The molecule has 15 nitrogen and oxygen atoms in total. The average molecular weight is 844 g/mol. The van der Waals surface area contributed by atoms with Crippen LogP contribution in [-0.4, -0.2) is 51.0 Å². The maximum absolute atomic E-state index is 13.5. The van der Waals surface area contributed by atoms with Gasteiger partial charge in [-0.15, -0.1) is 5.06 Å². The molecule has 2 aliphatic carbocycles. The fraction of sp³-hybridized carbons (Fsp3) is 0.104. The van der Waals surface area contributed by atoms with Crippen LogP contribution >= 0.6 is 0 Å². The number of aromatic hydroxyl groups is 1. The number of rotatable bonds is 10.